The van der Waals surface area contributed by atoms with Gasteiger partial charge in [0.05, 0.1) is 24.0 Å². The fourth-order valence-corrected chi connectivity index (χ4v) is 2.91. The molecule has 32 heavy (non-hydrogen) atoms. The van der Waals surface area contributed by atoms with Crippen molar-refractivity contribution in [2.24, 2.45) is 0 Å². The standard InChI is InChI=1S/C22H18FN3O5S/c1-31-19-10-5-13(20(27)24-16-8-6-15(23)7-9-16)12-18(19)25-22(30)26(32)17-4-2-3-14(11-17)21(28)29/h2-12,32H,1H3,(H,24,27)(H,25,30)(H,28,29). The first kappa shape index (κ1) is 22.6. The van der Waals surface area contributed by atoms with E-state index in [0.29, 0.717) is 5.69 Å². The molecule has 0 fully saturated rings. The van der Waals surface area contributed by atoms with Crippen LogP contribution in [0.1, 0.15) is 20.7 Å². The lowest BCUT2D eigenvalue weighted by molar-refractivity contribution is 0.0696. The number of carbonyl (C=O) groups excluding carboxylic acids is 2. The van der Waals surface area contributed by atoms with E-state index in [-0.39, 0.29) is 28.3 Å². The Morgan fingerprint density at radius 1 is 0.969 bits per heavy atom. The molecule has 0 radical (unpaired) electrons. The molecule has 3 aromatic carbocycles. The van der Waals surface area contributed by atoms with Gasteiger partial charge in [-0.2, -0.15) is 0 Å². The topological polar surface area (TPSA) is 108 Å². The molecule has 0 aliphatic heterocycles. The van der Waals surface area contributed by atoms with Gasteiger partial charge in [-0.1, -0.05) is 18.9 Å². The van der Waals surface area contributed by atoms with Gasteiger partial charge in [-0.25, -0.2) is 18.3 Å². The SMILES string of the molecule is COc1ccc(C(=O)Nc2ccc(F)cc2)cc1NC(=O)N(S)c1cccc(C(=O)O)c1. The number of rotatable bonds is 6. The Morgan fingerprint density at radius 3 is 2.34 bits per heavy atom. The molecule has 0 spiro atoms. The van der Waals surface area contributed by atoms with Crippen LogP contribution in [0.15, 0.2) is 66.7 Å². The van der Waals surface area contributed by atoms with E-state index in [9.17, 15) is 18.8 Å². The van der Waals surface area contributed by atoms with Crippen molar-refractivity contribution in [1.29, 1.82) is 0 Å². The highest BCUT2D eigenvalue weighted by Gasteiger charge is 2.18. The Bertz CT molecular complexity index is 1170. The fourth-order valence-electron chi connectivity index (χ4n) is 2.74. The number of nitrogens with zero attached hydrogens (tertiary/aromatic N) is 1. The fraction of sp³-hybridized carbons (Fsp3) is 0.0455. The lowest BCUT2D eigenvalue weighted by Crippen LogP contribution is -2.27. The number of benzene rings is 3. The van der Waals surface area contributed by atoms with Crippen molar-refractivity contribution < 1.29 is 28.6 Å². The zero-order valence-corrected chi connectivity index (χ0v) is 17.6. The molecule has 3 aromatic rings. The summed E-state index contributed by atoms with van der Waals surface area (Å²) in [6.07, 6.45) is 0. The van der Waals surface area contributed by atoms with Gasteiger partial charge in [0.2, 0.25) is 0 Å². The maximum absolute atomic E-state index is 13.0. The molecule has 0 saturated heterocycles. The van der Waals surface area contributed by atoms with Gasteiger partial charge >= 0.3 is 12.0 Å². The molecule has 3 amide bonds. The molecule has 0 aromatic heterocycles. The summed E-state index contributed by atoms with van der Waals surface area (Å²) >= 11 is 4.14. The number of carboxylic acid groups (broad SMARTS) is 1. The van der Waals surface area contributed by atoms with Crippen molar-refractivity contribution in [3.63, 3.8) is 0 Å². The number of carboxylic acids is 1. The molecule has 0 aliphatic rings. The van der Waals surface area contributed by atoms with E-state index < -0.39 is 23.7 Å². The average Bonchev–Trinajstić information content (AvgIpc) is 2.80. The summed E-state index contributed by atoms with van der Waals surface area (Å²) in [4.78, 5) is 36.4. The van der Waals surface area contributed by atoms with Crippen LogP contribution >= 0.6 is 12.8 Å². The number of carbonyl (C=O) groups is 3. The van der Waals surface area contributed by atoms with E-state index in [1.54, 1.807) is 0 Å². The normalized spacial score (nSPS) is 10.2. The van der Waals surface area contributed by atoms with Gasteiger partial charge in [0.15, 0.2) is 0 Å². The van der Waals surface area contributed by atoms with Crippen molar-refractivity contribution in [2.45, 2.75) is 0 Å². The van der Waals surface area contributed by atoms with Crippen LogP contribution in [0.5, 0.6) is 5.75 Å². The highest BCUT2D eigenvalue weighted by molar-refractivity contribution is 7.82. The van der Waals surface area contributed by atoms with Crippen LogP contribution in [0.2, 0.25) is 0 Å². The third-order valence-electron chi connectivity index (χ3n) is 4.34. The first-order chi connectivity index (χ1) is 15.3. The van der Waals surface area contributed by atoms with Gasteiger partial charge in [-0.15, -0.1) is 0 Å². The number of hydrogen-bond acceptors (Lipinski definition) is 5. The summed E-state index contributed by atoms with van der Waals surface area (Å²) in [5.41, 5.74) is 1.03. The summed E-state index contributed by atoms with van der Waals surface area (Å²) in [7, 11) is 1.40. The number of hydrogen-bond donors (Lipinski definition) is 4. The van der Waals surface area contributed by atoms with Gasteiger partial charge in [-0.3, -0.25) is 4.79 Å². The zero-order chi connectivity index (χ0) is 23.3. The molecule has 164 valence electrons. The molecule has 0 unspecified atom stereocenters. The summed E-state index contributed by atoms with van der Waals surface area (Å²) < 4.78 is 19.2. The third-order valence-corrected chi connectivity index (χ3v) is 4.75. The number of nitrogens with one attached hydrogen (secondary N) is 2. The Morgan fingerprint density at radius 2 is 1.69 bits per heavy atom. The minimum absolute atomic E-state index is 0.00797. The van der Waals surface area contributed by atoms with Crippen molar-refractivity contribution in [3.05, 3.63) is 83.7 Å². The van der Waals surface area contributed by atoms with E-state index >= 15 is 0 Å². The second-order valence-electron chi connectivity index (χ2n) is 6.47. The number of thiol groups is 1. The Labute approximate surface area is 188 Å². The first-order valence-electron chi connectivity index (χ1n) is 9.17. The van der Waals surface area contributed by atoms with E-state index in [1.807, 2.05) is 0 Å². The number of urea groups is 1. The number of anilines is 3. The molecule has 0 heterocycles. The van der Waals surface area contributed by atoms with Gasteiger partial charge < -0.3 is 20.5 Å². The largest absolute Gasteiger partial charge is 0.495 e. The second kappa shape index (κ2) is 9.84. The highest BCUT2D eigenvalue weighted by Crippen LogP contribution is 2.28. The number of ether oxygens (including phenoxy) is 1. The summed E-state index contributed by atoms with van der Waals surface area (Å²) in [6.45, 7) is 0. The van der Waals surface area contributed by atoms with Crippen LogP contribution < -0.4 is 19.7 Å². The predicted molar refractivity (Wildman–Crippen MR) is 121 cm³/mol. The van der Waals surface area contributed by atoms with E-state index in [4.69, 9.17) is 9.84 Å². The van der Waals surface area contributed by atoms with Crippen LogP contribution in [0.25, 0.3) is 0 Å². The number of amides is 3. The van der Waals surface area contributed by atoms with Gasteiger partial charge in [-0.05, 0) is 60.7 Å². The quantitative estimate of drug-likeness (QED) is 0.404. The number of aromatic carboxylic acids is 1. The maximum Gasteiger partial charge on any atom is 0.336 e. The third kappa shape index (κ3) is 5.35. The minimum Gasteiger partial charge on any atom is -0.495 e. The smallest absolute Gasteiger partial charge is 0.336 e. The summed E-state index contributed by atoms with van der Waals surface area (Å²) in [6, 6.07) is 14.7. The van der Waals surface area contributed by atoms with Crippen LogP contribution in [-0.2, 0) is 0 Å². The lowest BCUT2D eigenvalue weighted by Gasteiger charge is -2.18. The first-order valence-corrected chi connectivity index (χ1v) is 9.57. The van der Waals surface area contributed by atoms with E-state index in [1.165, 1.54) is 73.8 Å². The highest BCUT2D eigenvalue weighted by atomic mass is 32.1. The summed E-state index contributed by atoms with van der Waals surface area (Å²) in [5.74, 6) is -1.76. The van der Waals surface area contributed by atoms with Crippen molar-refractivity contribution >= 4 is 47.8 Å². The predicted octanol–water partition coefficient (Wildman–Crippen LogP) is 4.67. The van der Waals surface area contributed by atoms with Crippen LogP contribution in [0.3, 0.4) is 0 Å². The van der Waals surface area contributed by atoms with Gasteiger partial charge in [0.1, 0.15) is 11.6 Å². The Balaban J connectivity index is 1.79. The lowest BCUT2D eigenvalue weighted by atomic mass is 10.1. The molecule has 0 bridgehead atoms. The van der Waals surface area contributed by atoms with E-state index in [0.717, 1.165) is 4.31 Å². The zero-order valence-electron chi connectivity index (χ0n) is 16.7. The maximum atomic E-state index is 13.0. The molecule has 0 atom stereocenters. The van der Waals surface area contributed by atoms with Crippen molar-refractivity contribution in [2.75, 3.05) is 22.0 Å². The minimum atomic E-state index is -1.14. The van der Waals surface area contributed by atoms with Crippen LogP contribution in [-0.4, -0.2) is 30.1 Å². The molecule has 8 nitrogen and oxygen atoms in total. The van der Waals surface area contributed by atoms with Gasteiger partial charge in [0.25, 0.3) is 5.91 Å². The molecule has 0 saturated carbocycles. The molecule has 3 rings (SSSR count). The number of halogens is 1. The molecular formula is C22H18FN3O5S. The Kier molecular flexibility index (Phi) is 6.96. The van der Waals surface area contributed by atoms with Gasteiger partial charge in [0, 0.05) is 11.3 Å². The van der Waals surface area contributed by atoms with E-state index in [2.05, 4.69) is 23.4 Å². The molecule has 0 aliphatic carbocycles. The molecule has 3 N–H and O–H groups in total. The monoisotopic (exact) mass is 455 g/mol. The second-order valence-corrected chi connectivity index (χ2v) is 6.87. The van der Waals surface area contributed by atoms with Crippen molar-refractivity contribution in [3.8, 4) is 5.75 Å². The van der Waals surface area contributed by atoms with Crippen molar-refractivity contribution in [1.82, 2.24) is 0 Å². The van der Waals surface area contributed by atoms with Crippen LogP contribution in [0, 0.1) is 5.82 Å². The summed E-state index contributed by atoms with van der Waals surface area (Å²) in [5, 5.41) is 14.3. The average molecular weight is 455 g/mol. The molecule has 10 heteroatoms. The number of methoxy groups -OCH3 is 1. The van der Waals surface area contributed by atoms with Crippen LogP contribution in [0.4, 0.5) is 26.2 Å². The Hall–Kier alpha value is -4.05. The molecular weight excluding hydrogens is 437 g/mol.